The molecule has 0 aliphatic carbocycles. The SMILES string of the molecule is CC(C)(C)OC(=O)N1[C@@H]2COC[C@H]1C[C@@H](OC(=O)c1cn(-c3cccnc3)c3ccccc13)C2. The van der Waals surface area contributed by atoms with Crippen molar-refractivity contribution in [3.63, 3.8) is 0 Å². The monoisotopic (exact) mass is 463 g/mol. The Morgan fingerprint density at radius 1 is 1.06 bits per heavy atom. The molecule has 4 heterocycles. The van der Waals surface area contributed by atoms with Gasteiger partial charge >= 0.3 is 12.1 Å². The molecule has 0 spiro atoms. The van der Waals surface area contributed by atoms with Crippen LogP contribution in [0.2, 0.25) is 0 Å². The molecule has 2 fully saturated rings. The molecule has 2 aliphatic heterocycles. The van der Waals surface area contributed by atoms with Gasteiger partial charge < -0.3 is 18.8 Å². The fourth-order valence-electron chi connectivity index (χ4n) is 4.84. The van der Waals surface area contributed by atoms with Crippen LogP contribution in [0, 0.1) is 0 Å². The first-order valence-corrected chi connectivity index (χ1v) is 11.6. The van der Waals surface area contributed by atoms with Gasteiger partial charge in [-0.1, -0.05) is 18.2 Å². The molecule has 0 saturated carbocycles. The summed E-state index contributed by atoms with van der Waals surface area (Å²) in [5, 5.41) is 0.825. The van der Waals surface area contributed by atoms with Crippen molar-refractivity contribution in [3.8, 4) is 5.69 Å². The number of carbonyl (C=O) groups is 2. The Hall–Kier alpha value is -3.39. The number of aromatic nitrogens is 2. The van der Waals surface area contributed by atoms with Crippen LogP contribution in [0.25, 0.3) is 16.6 Å². The Labute approximate surface area is 198 Å². The van der Waals surface area contributed by atoms with E-state index in [2.05, 4.69) is 4.98 Å². The molecule has 0 N–H and O–H groups in total. The van der Waals surface area contributed by atoms with E-state index < -0.39 is 5.60 Å². The summed E-state index contributed by atoms with van der Waals surface area (Å²) in [7, 11) is 0. The number of fused-ring (bicyclic) bond motifs is 3. The zero-order valence-corrected chi connectivity index (χ0v) is 19.6. The predicted octanol–water partition coefficient (Wildman–Crippen LogP) is 4.35. The molecule has 8 nitrogen and oxygen atoms in total. The number of rotatable bonds is 3. The van der Waals surface area contributed by atoms with E-state index in [-0.39, 0.29) is 30.3 Å². The van der Waals surface area contributed by atoms with E-state index in [4.69, 9.17) is 14.2 Å². The molecule has 8 heteroatoms. The summed E-state index contributed by atoms with van der Waals surface area (Å²) in [6.45, 7) is 6.38. The van der Waals surface area contributed by atoms with Gasteiger partial charge in [-0.2, -0.15) is 0 Å². The average molecular weight is 464 g/mol. The van der Waals surface area contributed by atoms with Gasteiger partial charge in [0.15, 0.2) is 0 Å². The van der Waals surface area contributed by atoms with Crippen molar-refractivity contribution in [1.82, 2.24) is 14.5 Å². The number of benzene rings is 1. The highest BCUT2D eigenvalue weighted by Crippen LogP contribution is 2.32. The zero-order valence-electron chi connectivity index (χ0n) is 19.6. The lowest BCUT2D eigenvalue weighted by Crippen LogP contribution is -2.61. The molecule has 0 radical (unpaired) electrons. The molecule has 5 rings (SSSR count). The van der Waals surface area contributed by atoms with Gasteiger partial charge in [-0.05, 0) is 39.0 Å². The van der Waals surface area contributed by atoms with Gasteiger partial charge in [-0.3, -0.25) is 9.88 Å². The summed E-state index contributed by atoms with van der Waals surface area (Å²) in [5.74, 6) is -0.367. The standard InChI is InChI=1S/C26H29N3O5/c1-26(2,3)34-25(31)29-18-11-20(12-19(29)16-32-15-18)33-24(30)22-14-28(17-7-6-10-27-13-17)23-9-5-4-8-21(22)23/h4-10,13-14,18-20H,11-12,15-16H2,1-3H3/t18-,19+,20-. The first-order chi connectivity index (χ1) is 16.3. The van der Waals surface area contributed by atoms with Gasteiger partial charge in [0.1, 0.15) is 11.7 Å². The summed E-state index contributed by atoms with van der Waals surface area (Å²) in [5.41, 5.74) is 1.72. The summed E-state index contributed by atoms with van der Waals surface area (Å²) in [6.07, 6.45) is 5.68. The minimum atomic E-state index is -0.571. The third-order valence-corrected chi connectivity index (χ3v) is 6.21. The third-order valence-electron chi connectivity index (χ3n) is 6.21. The van der Waals surface area contributed by atoms with E-state index in [1.54, 1.807) is 17.3 Å². The molecule has 2 saturated heterocycles. The number of para-hydroxylation sites is 1. The Balaban J connectivity index is 1.36. The summed E-state index contributed by atoms with van der Waals surface area (Å²) < 4.78 is 19.3. The van der Waals surface area contributed by atoms with Gasteiger partial charge in [0, 0.05) is 30.6 Å². The van der Waals surface area contributed by atoms with Crippen molar-refractivity contribution in [2.75, 3.05) is 13.2 Å². The van der Waals surface area contributed by atoms with Crippen molar-refractivity contribution in [2.45, 2.75) is 57.4 Å². The molecule has 2 bridgehead atoms. The van der Waals surface area contributed by atoms with E-state index in [9.17, 15) is 9.59 Å². The lowest BCUT2D eigenvalue weighted by Gasteiger charge is -2.47. The highest BCUT2D eigenvalue weighted by Gasteiger charge is 2.44. The number of nitrogens with zero attached hydrogens (tertiary/aromatic N) is 3. The largest absolute Gasteiger partial charge is 0.459 e. The summed E-state index contributed by atoms with van der Waals surface area (Å²) in [6, 6.07) is 11.2. The molecule has 2 aromatic heterocycles. The Kier molecular flexibility index (Phi) is 5.77. The number of piperidine rings is 1. The van der Waals surface area contributed by atoms with E-state index >= 15 is 0 Å². The second kappa shape index (κ2) is 8.76. The second-order valence-electron chi connectivity index (χ2n) is 9.87. The predicted molar refractivity (Wildman–Crippen MR) is 126 cm³/mol. The molecule has 178 valence electrons. The normalized spacial score (nSPS) is 22.4. The zero-order chi connectivity index (χ0) is 23.9. The number of pyridine rings is 1. The Bertz CT molecular complexity index is 1190. The lowest BCUT2D eigenvalue weighted by molar-refractivity contribution is -0.106. The average Bonchev–Trinajstić information content (AvgIpc) is 3.18. The van der Waals surface area contributed by atoms with Crippen LogP contribution in [-0.4, -0.2) is 63.5 Å². The molecule has 3 atom stereocenters. The Morgan fingerprint density at radius 2 is 1.79 bits per heavy atom. The number of carbonyl (C=O) groups excluding carboxylic acids is 2. The van der Waals surface area contributed by atoms with Gasteiger partial charge in [0.05, 0.1) is 48.3 Å². The molecule has 0 unspecified atom stereocenters. The minimum absolute atomic E-state index is 0.183. The minimum Gasteiger partial charge on any atom is -0.459 e. The molecule has 34 heavy (non-hydrogen) atoms. The van der Waals surface area contributed by atoms with Gasteiger partial charge in [-0.15, -0.1) is 0 Å². The number of hydrogen-bond acceptors (Lipinski definition) is 6. The highest BCUT2D eigenvalue weighted by molar-refractivity contribution is 6.05. The van der Waals surface area contributed by atoms with Gasteiger partial charge in [0.25, 0.3) is 0 Å². The van der Waals surface area contributed by atoms with Crippen LogP contribution in [-0.2, 0) is 14.2 Å². The molecule has 1 aromatic carbocycles. The molecule has 3 aromatic rings. The quantitative estimate of drug-likeness (QED) is 0.537. The van der Waals surface area contributed by atoms with E-state index in [1.165, 1.54) is 0 Å². The third kappa shape index (κ3) is 4.37. The van der Waals surface area contributed by atoms with Crippen molar-refractivity contribution in [3.05, 3.63) is 60.6 Å². The molecular formula is C26H29N3O5. The number of ether oxygens (including phenoxy) is 3. The van der Waals surface area contributed by atoms with E-state index in [0.717, 1.165) is 16.6 Å². The fourth-order valence-corrected chi connectivity index (χ4v) is 4.84. The molecular weight excluding hydrogens is 434 g/mol. The lowest BCUT2D eigenvalue weighted by atomic mass is 9.92. The first kappa shape index (κ1) is 22.4. The van der Waals surface area contributed by atoms with Crippen molar-refractivity contribution in [1.29, 1.82) is 0 Å². The fraction of sp³-hybridized carbons (Fsp3) is 0.423. The van der Waals surface area contributed by atoms with Crippen LogP contribution in [0.5, 0.6) is 0 Å². The highest BCUT2D eigenvalue weighted by atomic mass is 16.6. The maximum Gasteiger partial charge on any atom is 0.410 e. The van der Waals surface area contributed by atoms with Gasteiger partial charge in [-0.25, -0.2) is 9.59 Å². The maximum absolute atomic E-state index is 13.3. The van der Waals surface area contributed by atoms with E-state index in [0.29, 0.717) is 31.6 Å². The second-order valence-corrected chi connectivity index (χ2v) is 9.87. The van der Waals surface area contributed by atoms with E-state index in [1.807, 2.05) is 67.9 Å². The van der Waals surface area contributed by atoms with Gasteiger partial charge in [0.2, 0.25) is 0 Å². The molecule has 1 amide bonds. The molecule has 2 aliphatic rings. The van der Waals surface area contributed by atoms with Crippen LogP contribution in [0.4, 0.5) is 4.79 Å². The smallest absolute Gasteiger partial charge is 0.410 e. The topological polar surface area (TPSA) is 82.9 Å². The van der Waals surface area contributed by atoms with Crippen LogP contribution in [0.15, 0.2) is 55.0 Å². The maximum atomic E-state index is 13.3. The van der Waals surface area contributed by atoms with Crippen molar-refractivity contribution >= 4 is 23.0 Å². The number of amides is 1. The number of hydrogen-bond donors (Lipinski definition) is 0. The van der Waals surface area contributed by atoms with Crippen molar-refractivity contribution < 1.29 is 23.8 Å². The Morgan fingerprint density at radius 3 is 2.47 bits per heavy atom. The van der Waals surface area contributed by atoms with Crippen LogP contribution < -0.4 is 0 Å². The van der Waals surface area contributed by atoms with Crippen LogP contribution in [0.3, 0.4) is 0 Å². The van der Waals surface area contributed by atoms with Crippen molar-refractivity contribution in [2.24, 2.45) is 0 Å². The first-order valence-electron chi connectivity index (χ1n) is 11.6. The van der Waals surface area contributed by atoms with Crippen LogP contribution in [0.1, 0.15) is 44.0 Å². The summed E-state index contributed by atoms with van der Waals surface area (Å²) in [4.78, 5) is 32.1. The number of esters is 1. The summed E-state index contributed by atoms with van der Waals surface area (Å²) >= 11 is 0. The number of morpholine rings is 1. The van der Waals surface area contributed by atoms with Crippen LogP contribution >= 0.6 is 0 Å².